The third kappa shape index (κ3) is 3.71. The van der Waals surface area contributed by atoms with Crippen molar-refractivity contribution in [3.63, 3.8) is 0 Å². The van der Waals surface area contributed by atoms with Gasteiger partial charge in [-0.15, -0.1) is 0 Å². The second-order valence-electron chi connectivity index (χ2n) is 5.72. The molecule has 0 saturated carbocycles. The van der Waals surface area contributed by atoms with Crippen molar-refractivity contribution in [1.29, 1.82) is 0 Å². The number of hydrogen-bond acceptors (Lipinski definition) is 4. The van der Waals surface area contributed by atoms with Gasteiger partial charge in [-0.3, -0.25) is 4.79 Å². The predicted molar refractivity (Wildman–Crippen MR) is 86.1 cm³/mol. The Labute approximate surface area is 139 Å². The van der Waals surface area contributed by atoms with E-state index < -0.39 is 5.97 Å². The Morgan fingerprint density at radius 3 is 2.25 bits per heavy atom. The molecular weight excluding hydrogens is 308 g/mol. The number of carbonyl (C=O) groups excluding carboxylic acids is 2. The number of hydrogen-bond donors (Lipinski definition) is 0. The van der Waals surface area contributed by atoms with Crippen LogP contribution in [0.4, 0.5) is 0 Å². The molecule has 1 aromatic carbocycles. The summed E-state index contributed by atoms with van der Waals surface area (Å²) in [6, 6.07) is 9.90. The van der Waals surface area contributed by atoms with Gasteiger partial charge in [0.25, 0.3) is 5.91 Å². The van der Waals surface area contributed by atoms with Crippen molar-refractivity contribution in [2.45, 2.75) is 19.4 Å². The van der Waals surface area contributed by atoms with E-state index in [0.717, 1.165) is 31.5 Å². The van der Waals surface area contributed by atoms with E-state index in [1.54, 1.807) is 24.3 Å². The molecule has 1 saturated heterocycles. The fourth-order valence-electron chi connectivity index (χ4n) is 2.63. The van der Waals surface area contributed by atoms with Gasteiger partial charge in [0.15, 0.2) is 12.4 Å². The number of benzene rings is 1. The molecule has 1 aliphatic rings. The van der Waals surface area contributed by atoms with Crippen molar-refractivity contribution in [2.75, 3.05) is 13.1 Å². The largest absolute Gasteiger partial charge is 0.619 e. The molecule has 24 heavy (non-hydrogen) atoms. The third-order valence-corrected chi connectivity index (χ3v) is 4.00. The molecule has 0 radical (unpaired) electrons. The topological polar surface area (TPSA) is 73.6 Å². The highest BCUT2D eigenvalue weighted by atomic mass is 16.5. The lowest BCUT2D eigenvalue weighted by Gasteiger charge is -2.15. The van der Waals surface area contributed by atoms with Crippen LogP contribution in [-0.4, -0.2) is 29.9 Å². The van der Waals surface area contributed by atoms with Gasteiger partial charge in [-0.2, -0.15) is 4.73 Å². The molecule has 124 valence electrons. The van der Waals surface area contributed by atoms with Crippen molar-refractivity contribution in [3.8, 4) is 0 Å². The summed E-state index contributed by atoms with van der Waals surface area (Å²) in [7, 11) is 0. The highest BCUT2D eigenvalue weighted by Crippen LogP contribution is 2.14. The first-order valence-corrected chi connectivity index (χ1v) is 7.88. The first-order valence-electron chi connectivity index (χ1n) is 7.88. The van der Waals surface area contributed by atoms with Crippen LogP contribution in [0.25, 0.3) is 0 Å². The molecule has 2 heterocycles. The molecule has 0 bridgehead atoms. The first kappa shape index (κ1) is 16.0. The van der Waals surface area contributed by atoms with Gasteiger partial charge in [0.2, 0.25) is 0 Å². The van der Waals surface area contributed by atoms with Gasteiger partial charge in [0, 0.05) is 30.8 Å². The Balaban J connectivity index is 1.57. The van der Waals surface area contributed by atoms with E-state index >= 15 is 0 Å². The number of carbonyl (C=O) groups is 2. The highest BCUT2D eigenvalue weighted by molar-refractivity contribution is 5.94. The van der Waals surface area contributed by atoms with Gasteiger partial charge in [-0.25, -0.2) is 4.79 Å². The van der Waals surface area contributed by atoms with Crippen molar-refractivity contribution >= 4 is 11.9 Å². The number of nitrogens with zero attached hydrogens (tertiary/aromatic N) is 2. The Morgan fingerprint density at radius 2 is 1.62 bits per heavy atom. The number of esters is 1. The summed E-state index contributed by atoms with van der Waals surface area (Å²) in [5.41, 5.74) is 1.77. The molecule has 0 unspecified atom stereocenters. The third-order valence-electron chi connectivity index (χ3n) is 4.00. The van der Waals surface area contributed by atoms with Crippen molar-refractivity contribution in [3.05, 3.63) is 70.7 Å². The minimum Gasteiger partial charge on any atom is -0.619 e. The fourth-order valence-corrected chi connectivity index (χ4v) is 2.63. The molecule has 0 N–H and O–H groups in total. The van der Waals surface area contributed by atoms with Crippen LogP contribution in [0.1, 0.15) is 39.1 Å². The second kappa shape index (κ2) is 7.12. The zero-order chi connectivity index (χ0) is 16.9. The van der Waals surface area contributed by atoms with Crippen LogP contribution in [0.3, 0.4) is 0 Å². The lowest BCUT2D eigenvalue weighted by atomic mass is 10.1. The first-order chi connectivity index (χ1) is 11.6. The van der Waals surface area contributed by atoms with E-state index in [1.807, 2.05) is 4.90 Å². The van der Waals surface area contributed by atoms with Crippen LogP contribution in [0.5, 0.6) is 0 Å². The van der Waals surface area contributed by atoms with E-state index in [4.69, 9.17) is 4.74 Å². The van der Waals surface area contributed by atoms with Gasteiger partial charge in [-0.1, -0.05) is 12.1 Å². The lowest BCUT2D eigenvalue weighted by Crippen LogP contribution is -2.27. The summed E-state index contributed by atoms with van der Waals surface area (Å²) in [5, 5.41) is 10.9. The average molecular weight is 326 g/mol. The Hall–Kier alpha value is -2.89. The van der Waals surface area contributed by atoms with Gasteiger partial charge in [0.05, 0.1) is 5.56 Å². The maximum Gasteiger partial charge on any atom is 0.338 e. The summed E-state index contributed by atoms with van der Waals surface area (Å²) in [6.07, 6.45) is 4.61. The van der Waals surface area contributed by atoms with Gasteiger partial charge in [0.1, 0.15) is 6.61 Å². The van der Waals surface area contributed by atoms with E-state index in [1.165, 1.54) is 24.5 Å². The summed E-state index contributed by atoms with van der Waals surface area (Å²) in [5.74, 6) is -0.445. The van der Waals surface area contributed by atoms with E-state index in [0.29, 0.717) is 15.9 Å². The molecular formula is C18H18N2O4. The van der Waals surface area contributed by atoms with Crippen LogP contribution >= 0.6 is 0 Å². The molecule has 0 spiro atoms. The smallest absolute Gasteiger partial charge is 0.338 e. The number of amides is 1. The molecule has 6 nitrogen and oxygen atoms in total. The van der Waals surface area contributed by atoms with Crippen LogP contribution in [0, 0.1) is 5.21 Å². The fraction of sp³-hybridized carbons (Fsp3) is 0.278. The molecule has 6 heteroatoms. The predicted octanol–water partition coefficient (Wildman–Crippen LogP) is 1.91. The van der Waals surface area contributed by atoms with Crippen LogP contribution < -0.4 is 4.73 Å². The summed E-state index contributed by atoms with van der Waals surface area (Å²) < 4.78 is 5.81. The zero-order valence-electron chi connectivity index (χ0n) is 13.2. The van der Waals surface area contributed by atoms with E-state index in [-0.39, 0.29) is 12.5 Å². The second-order valence-corrected chi connectivity index (χ2v) is 5.72. The molecule has 0 aliphatic carbocycles. The maximum atomic E-state index is 12.2. The van der Waals surface area contributed by atoms with Crippen LogP contribution in [0.2, 0.25) is 0 Å². The maximum absolute atomic E-state index is 12.2. The summed E-state index contributed by atoms with van der Waals surface area (Å²) in [4.78, 5) is 26.0. The van der Waals surface area contributed by atoms with Crippen molar-refractivity contribution in [2.24, 2.45) is 0 Å². The Morgan fingerprint density at radius 1 is 1.00 bits per heavy atom. The summed E-state index contributed by atoms with van der Waals surface area (Å²) >= 11 is 0. The number of pyridine rings is 1. The highest BCUT2D eigenvalue weighted by Gasteiger charge is 2.19. The monoisotopic (exact) mass is 326 g/mol. The van der Waals surface area contributed by atoms with Crippen molar-refractivity contribution < 1.29 is 19.1 Å². The lowest BCUT2D eigenvalue weighted by molar-refractivity contribution is -0.605. The van der Waals surface area contributed by atoms with Gasteiger partial charge >= 0.3 is 5.97 Å². The van der Waals surface area contributed by atoms with Gasteiger partial charge in [-0.05, 0) is 30.5 Å². The number of aromatic nitrogens is 1. The molecule has 3 rings (SSSR count). The standard InChI is InChI=1S/C18H18N2O4/c21-17(19-9-1-2-10-19)15-5-3-14(4-6-15)13-24-18(22)16-7-11-20(23)12-8-16/h3-8,11-12H,1-2,9-10,13H2. The van der Waals surface area contributed by atoms with E-state index in [9.17, 15) is 14.8 Å². The minimum atomic E-state index is -0.493. The molecule has 2 aromatic rings. The number of rotatable bonds is 4. The Bertz CT molecular complexity index is 720. The molecule has 1 fully saturated rings. The van der Waals surface area contributed by atoms with E-state index in [2.05, 4.69) is 0 Å². The van der Waals surface area contributed by atoms with Crippen molar-refractivity contribution in [1.82, 2.24) is 4.90 Å². The molecule has 1 aliphatic heterocycles. The quantitative estimate of drug-likeness (QED) is 0.489. The number of ether oxygens (including phenoxy) is 1. The molecule has 1 amide bonds. The zero-order valence-corrected chi connectivity index (χ0v) is 13.2. The SMILES string of the molecule is O=C(OCc1ccc(C(=O)N2CCCC2)cc1)c1cc[n+]([O-])cc1. The number of likely N-dealkylation sites (tertiary alicyclic amines) is 1. The molecule has 0 atom stereocenters. The van der Waals surface area contributed by atoms with Crippen LogP contribution in [-0.2, 0) is 11.3 Å². The van der Waals surface area contributed by atoms with Crippen LogP contribution in [0.15, 0.2) is 48.8 Å². The summed E-state index contributed by atoms with van der Waals surface area (Å²) in [6.45, 7) is 1.75. The minimum absolute atomic E-state index is 0.0475. The average Bonchev–Trinajstić information content (AvgIpc) is 3.15. The van der Waals surface area contributed by atoms with Gasteiger partial charge < -0.3 is 14.8 Å². The normalized spacial score (nSPS) is 13.8. The molecule has 1 aromatic heterocycles. The Kier molecular flexibility index (Phi) is 4.74.